The van der Waals surface area contributed by atoms with Gasteiger partial charge in [-0.15, -0.1) is 0 Å². The summed E-state index contributed by atoms with van der Waals surface area (Å²) in [6, 6.07) is 0. The van der Waals surface area contributed by atoms with E-state index in [1.165, 1.54) is 0 Å². The topological polar surface area (TPSA) is 161 Å². The number of ketones is 1. The van der Waals surface area contributed by atoms with Crippen molar-refractivity contribution in [2.45, 2.75) is 31.1 Å². The molecule has 4 N–H and O–H groups in total. The number of aliphatic hydroxyl groups excluding tert-OH is 4. The number of carbonyl (C=O) groups is 1. The largest absolute Gasteiger partial charge is 1.00 e. The van der Waals surface area contributed by atoms with Crippen molar-refractivity contribution in [3.05, 3.63) is 0 Å². The Balaban J connectivity index is -0.000000980. The number of carbonyl (C=O) groups excluding carboxylic acids is 1. The van der Waals surface area contributed by atoms with E-state index >= 15 is 0 Å². The summed E-state index contributed by atoms with van der Waals surface area (Å²) < 4.78 is 10.3. The van der Waals surface area contributed by atoms with E-state index in [0.717, 1.165) is 6.92 Å². The maximum atomic E-state index is 10.5. The molecule has 4 atom stereocenters. The summed E-state index contributed by atoms with van der Waals surface area (Å²) in [4.78, 5) is 31.0. The van der Waals surface area contributed by atoms with Crippen LogP contribution < -0.4 is 68.9 Å². The first-order valence-corrected chi connectivity index (χ1v) is 5.44. The fourth-order valence-electron chi connectivity index (χ4n) is 0.791. The van der Waals surface area contributed by atoms with Gasteiger partial charge in [0.1, 0.15) is 24.2 Å². The van der Waals surface area contributed by atoms with E-state index < -0.39 is 37.5 Å². The van der Waals surface area contributed by atoms with Crippen LogP contribution >= 0.6 is 7.60 Å². The van der Waals surface area contributed by atoms with Gasteiger partial charge in [-0.05, 0) is 14.5 Å². The molecule has 11 heteroatoms. The van der Waals surface area contributed by atoms with E-state index in [2.05, 4.69) is 0 Å². The molecule has 0 aromatic carbocycles. The molecule has 8 nitrogen and oxygen atoms in total. The Bertz CT molecular complexity index is 281. The van der Waals surface area contributed by atoms with E-state index in [-0.39, 0.29) is 59.1 Å². The Labute approximate surface area is 142 Å². The van der Waals surface area contributed by atoms with Crippen LogP contribution in [0.15, 0.2) is 0 Å². The zero-order chi connectivity index (χ0) is 12.4. The molecule has 4 unspecified atom stereocenters. The first kappa shape index (κ1) is 23.7. The van der Waals surface area contributed by atoms with Crippen molar-refractivity contribution in [3.8, 4) is 0 Å². The normalized spacial score (nSPS) is 18.1. The molecule has 0 aliphatic rings. The molecular formula is C6H11Na2O8P. The van der Waals surface area contributed by atoms with Crippen molar-refractivity contribution >= 4 is 13.4 Å². The maximum absolute atomic E-state index is 10.5. The molecular weight excluding hydrogens is 277 g/mol. The fraction of sp³-hybridized carbons (Fsp3) is 0.833. The number of hydrogen-bond acceptors (Lipinski definition) is 8. The monoisotopic (exact) mass is 288 g/mol. The van der Waals surface area contributed by atoms with Gasteiger partial charge in [0.2, 0.25) is 0 Å². The average Bonchev–Trinajstić information content (AvgIpc) is 2.11. The second-order valence-electron chi connectivity index (χ2n) is 2.99. The Morgan fingerprint density at radius 3 is 1.65 bits per heavy atom. The van der Waals surface area contributed by atoms with E-state index in [9.17, 15) is 19.1 Å². The first-order valence-electron chi connectivity index (χ1n) is 3.83. The molecule has 0 spiro atoms. The summed E-state index contributed by atoms with van der Waals surface area (Å²) in [6.07, 6.45) is -6.75. The molecule has 90 valence electrons. The van der Waals surface area contributed by atoms with Gasteiger partial charge in [-0.3, -0.25) is 4.79 Å². The summed E-state index contributed by atoms with van der Waals surface area (Å²) in [5, 5.41) is 35.6. The van der Waals surface area contributed by atoms with Crippen LogP contribution in [-0.2, 0) is 9.36 Å². The number of Topliss-reactive ketones (excluding diaryl/α,β-unsaturated/α-hetero) is 1. The van der Waals surface area contributed by atoms with Crippen LogP contribution in [0.5, 0.6) is 0 Å². The van der Waals surface area contributed by atoms with Crippen molar-refractivity contribution in [1.82, 2.24) is 0 Å². The van der Waals surface area contributed by atoms with Crippen molar-refractivity contribution in [2.75, 3.05) is 0 Å². The van der Waals surface area contributed by atoms with Crippen LogP contribution in [-0.4, -0.2) is 50.4 Å². The maximum Gasteiger partial charge on any atom is 1.00 e. The van der Waals surface area contributed by atoms with Crippen LogP contribution in [0.25, 0.3) is 0 Å². The third kappa shape index (κ3) is 7.74. The van der Waals surface area contributed by atoms with E-state index in [1.807, 2.05) is 0 Å². The zero-order valence-corrected chi connectivity index (χ0v) is 14.6. The molecule has 0 aromatic rings. The summed E-state index contributed by atoms with van der Waals surface area (Å²) in [5.74, 6) is -3.72. The van der Waals surface area contributed by atoms with Crippen molar-refractivity contribution < 1.29 is 98.7 Å². The van der Waals surface area contributed by atoms with Gasteiger partial charge < -0.3 is 34.8 Å². The van der Waals surface area contributed by atoms with Gasteiger partial charge in [0.15, 0.2) is 5.78 Å². The molecule has 0 saturated heterocycles. The molecule has 0 aromatic heterocycles. The average molecular weight is 288 g/mol. The Hall–Kier alpha value is 1.66. The van der Waals surface area contributed by atoms with Gasteiger partial charge in [-0.2, -0.15) is 0 Å². The number of aliphatic hydroxyl groups is 4. The molecule has 0 saturated carbocycles. The third-order valence-electron chi connectivity index (χ3n) is 1.72. The fourth-order valence-corrected chi connectivity index (χ4v) is 1.34. The SMILES string of the molecule is CC(=O)C(O)C(O)C(O)C(O)P(=O)([O-])[O-].[Na+].[Na+]. The summed E-state index contributed by atoms with van der Waals surface area (Å²) >= 11 is 0. The third-order valence-corrected chi connectivity index (χ3v) is 2.67. The van der Waals surface area contributed by atoms with Crippen LogP contribution in [0, 0.1) is 0 Å². The smallest absolute Gasteiger partial charge is 0.809 e. The molecule has 0 fully saturated rings. The predicted molar refractivity (Wildman–Crippen MR) is 42.3 cm³/mol. The Morgan fingerprint density at radius 1 is 1.06 bits per heavy atom. The molecule has 0 bridgehead atoms. The van der Waals surface area contributed by atoms with Crippen LogP contribution in [0.3, 0.4) is 0 Å². The van der Waals surface area contributed by atoms with Crippen molar-refractivity contribution in [3.63, 3.8) is 0 Å². The van der Waals surface area contributed by atoms with Crippen LogP contribution in [0.4, 0.5) is 0 Å². The molecule has 0 amide bonds. The summed E-state index contributed by atoms with van der Waals surface area (Å²) in [6.45, 7) is 0.876. The minimum Gasteiger partial charge on any atom is -0.809 e. The van der Waals surface area contributed by atoms with Gasteiger partial charge in [-0.25, -0.2) is 0 Å². The second-order valence-corrected chi connectivity index (χ2v) is 4.60. The zero-order valence-electron chi connectivity index (χ0n) is 9.68. The minimum absolute atomic E-state index is 0. The quantitative estimate of drug-likeness (QED) is 0.286. The molecule has 0 aliphatic heterocycles. The second kappa shape index (κ2) is 9.55. The van der Waals surface area contributed by atoms with Gasteiger partial charge in [0.25, 0.3) is 0 Å². The predicted octanol–water partition coefficient (Wildman–Crippen LogP) is -10.1. The minimum atomic E-state index is -5.51. The molecule has 17 heavy (non-hydrogen) atoms. The van der Waals surface area contributed by atoms with E-state index in [0.29, 0.717) is 0 Å². The number of hydrogen-bond donors (Lipinski definition) is 4. The Kier molecular flexibility index (Phi) is 13.3. The Morgan fingerprint density at radius 2 is 1.41 bits per heavy atom. The number of rotatable bonds is 5. The first-order chi connectivity index (χ1) is 6.59. The van der Waals surface area contributed by atoms with E-state index in [4.69, 9.17) is 20.4 Å². The van der Waals surface area contributed by atoms with Gasteiger partial charge in [-0.1, -0.05) is 0 Å². The standard InChI is InChI=1S/C6H13O8P.2Na/c1-2(7)3(8)4(9)5(10)6(11)15(12,13)14;;/h3-6,8-11H,1H3,(H2,12,13,14);;/q;2*+1/p-2. The van der Waals surface area contributed by atoms with Crippen molar-refractivity contribution in [1.29, 1.82) is 0 Å². The molecule has 0 radical (unpaired) electrons. The molecule has 0 heterocycles. The molecule has 0 rings (SSSR count). The van der Waals surface area contributed by atoms with Gasteiger partial charge in [0, 0.05) is 0 Å². The summed E-state index contributed by atoms with van der Waals surface area (Å²) in [7, 11) is -5.51. The molecule has 0 aliphatic carbocycles. The van der Waals surface area contributed by atoms with Crippen LogP contribution in [0.2, 0.25) is 0 Å². The van der Waals surface area contributed by atoms with Gasteiger partial charge >= 0.3 is 59.1 Å². The van der Waals surface area contributed by atoms with E-state index in [1.54, 1.807) is 0 Å². The van der Waals surface area contributed by atoms with Crippen molar-refractivity contribution in [2.24, 2.45) is 0 Å². The summed E-state index contributed by atoms with van der Waals surface area (Å²) in [5.41, 5.74) is 0. The van der Waals surface area contributed by atoms with Gasteiger partial charge in [0.05, 0.1) is 0 Å². The van der Waals surface area contributed by atoms with Crippen LogP contribution in [0.1, 0.15) is 6.92 Å².